The molecule has 2 aromatic heterocycles. The number of pyridine rings is 2. The molecule has 178 valence electrons. The number of aromatic nitrogens is 2. The van der Waals surface area contributed by atoms with Gasteiger partial charge in [0.15, 0.2) is 0 Å². The summed E-state index contributed by atoms with van der Waals surface area (Å²) < 4.78 is 12.4. The number of hydrogen-bond donors (Lipinski definition) is 1. The number of ether oxygens (including phenoxy) is 2. The van der Waals surface area contributed by atoms with E-state index < -0.39 is 17.5 Å². The van der Waals surface area contributed by atoms with Gasteiger partial charge in [-0.3, -0.25) is 9.59 Å². The number of benzene rings is 1. The van der Waals surface area contributed by atoms with Gasteiger partial charge in [0.25, 0.3) is 5.56 Å². The molecule has 1 unspecified atom stereocenters. The highest BCUT2D eigenvalue weighted by Gasteiger charge is 2.50. The number of hydrogen-bond acceptors (Lipinski definition) is 7. The van der Waals surface area contributed by atoms with Crippen LogP contribution < -0.4 is 5.56 Å². The number of para-hydroxylation sites is 1. The van der Waals surface area contributed by atoms with Crippen molar-refractivity contribution in [3.05, 3.63) is 62.9 Å². The van der Waals surface area contributed by atoms with E-state index in [1.54, 1.807) is 17.6 Å². The molecule has 1 aromatic carbocycles. The maximum Gasteiger partial charge on any atom is 0.355 e. The van der Waals surface area contributed by atoms with Crippen LogP contribution in [0.2, 0.25) is 0 Å². The van der Waals surface area contributed by atoms with E-state index in [0.717, 1.165) is 16.5 Å². The highest BCUT2D eigenvalue weighted by Crippen LogP contribution is 2.41. The summed E-state index contributed by atoms with van der Waals surface area (Å²) in [6.07, 6.45) is 0.120. The molecule has 0 saturated heterocycles. The number of carbonyl (C=O) groups is 2. The fourth-order valence-corrected chi connectivity index (χ4v) is 4.81. The van der Waals surface area contributed by atoms with Crippen molar-refractivity contribution in [3.8, 4) is 23.2 Å². The largest absolute Gasteiger partial charge is 0.457 e. The molecule has 3 aromatic rings. The van der Waals surface area contributed by atoms with Crippen LogP contribution in [0.3, 0.4) is 0 Å². The lowest BCUT2D eigenvalue weighted by atomic mass is 9.85. The number of aliphatic hydroxyl groups excluding tert-OH is 1. The Bertz CT molecular complexity index is 1530. The summed E-state index contributed by atoms with van der Waals surface area (Å²) in [5.41, 5.74) is 2.01. The lowest BCUT2D eigenvalue weighted by Gasteiger charge is -2.35. The van der Waals surface area contributed by atoms with Gasteiger partial charge in [-0.25, -0.2) is 9.78 Å². The van der Waals surface area contributed by atoms with Gasteiger partial charge in [-0.15, -0.1) is 0 Å². The number of carbonyl (C=O) groups excluding carboxylic acids is 2. The van der Waals surface area contributed by atoms with Crippen LogP contribution in [0.5, 0.6) is 0 Å². The molecule has 0 saturated carbocycles. The predicted octanol–water partition coefficient (Wildman–Crippen LogP) is 2.63. The van der Waals surface area contributed by atoms with Crippen LogP contribution in [0.25, 0.3) is 22.3 Å². The molecule has 2 atom stereocenters. The Morgan fingerprint density at radius 3 is 2.80 bits per heavy atom. The molecule has 8 nitrogen and oxygen atoms in total. The van der Waals surface area contributed by atoms with Crippen LogP contribution in [0.4, 0.5) is 0 Å². The zero-order valence-electron chi connectivity index (χ0n) is 19.7. The fraction of sp³-hybridized carbons (Fsp3) is 0.333. The Morgan fingerprint density at radius 1 is 1.31 bits per heavy atom. The highest BCUT2D eigenvalue weighted by atomic mass is 16.6. The third kappa shape index (κ3) is 3.43. The number of aliphatic hydroxyl groups is 1. The molecule has 8 heteroatoms. The van der Waals surface area contributed by atoms with Gasteiger partial charge >= 0.3 is 11.9 Å². The summed E-state index contributed by atoms with van der Waals surface area (Å²) in [5, 5.41) is 10.3. The molecule has 4 heterocycles. The zero-order valence-corrected chi connectivity index (χ0v) is 19.7. The molecule has 1 N–H and O–H groups in total. The first-order valence-corrected chi connectivity index (χ1v) is 11.5. The van der Waals surface area contributed by atoms with E-state index in [-0.39, 0.29) is 43.2 Å². The number of fused-ring (bicyclic) bond motifs is 5. The normalized spacial score (nSPS) is 18.6. The third-order valence-corrected chi connectivity index (χ3v) is 6.60. The first-order valence-electron chi connectivity index (χ1n) is 11.5. The second-order valence-corrected chi connectivity index (χ2v) is 8.85. The van der Waals surface area contributed by atoms with E-state index in [4.69, 9.17) is 14.5 Å². The van der Waals surface area contributed by atoms with Crippen LogP contribution in [0.1, 0.15) is 49.4 Å². The smallest absolute Gasteiger partial charge is 0.355 e. The SMILES string of the molecule is CC[C@@]1(OC(C)=O)C(=O)OCc2c1cc1n(c2=O)Cc2c-1nc1ccccc1c2C#CC(C)CO. The fourth-order valence-electron chi connectivity index (χ4n) is 4.81. The van der Waals surface area contributed by atoms with E-state index in [2.05, 4.69) is 11.8 Å². The van der Waals surface area contributed by atoms with Crippen LogP contribution >= 0.6 is 0 Å². The molecule has 2 aliphatic rings. The minimum Gasteiger partial charge on any atom is -0.457 e. The van der Waals surface area contributed by atoms with Crippen LogP contribution in [0, 0.1) is 17.8 Å². The molecule has 0 bridgehead atoms. The predicted molar refractivity (Wildman–Crippen MR) is 127 cm³/mol. The Hall–Kier alpha value is -3.96. The van der Waals surface area contributed by atoms with E-state index in [0.29, 0.717) is 22.5 Å². The average molecular weight is 472 g/mol. The van der Waals surface area contributed by atoms with Crippen molar-refractivity contribution in [3.63, 3.8) is 0 Å². The molecular weight excluding hydrogens is 448 g/mol. The number of nitrogens with zero attached hydrogens (tertiary/aromatic N) is 2. The maximum absolute atomic E-state index is 13.6. The maximum atomic E-state index is 13.6. The Morgan fingerprint density at radius 2 is 2.09 bits per heavy atom. The first kappa shape index (κ1) is 22.8. The van der Waals surface area contributed by atoms with Crippen LogP contribution in [-0.4, -0.2) is 33.2 Å². The molecule has 0 radical (unpaired) electrons. The number of cyclic esters (lactones) is 1. The summed E-state index contributed by atoms with van der Waals surface area (Å²) in [6, 6.07) is 9.32. The molecule has 5 rings (SSSR count). The summed E-state index contributed by atoms with van der Waals surface area (Å²) in [7, 11) is 0. The molecular formula is C27H24N2O6. The van der Waals surface area contributed by atoms with Crippen LogP contribution in [0.15, 0.2) is 35.1 Å². The first-order chi connectivity index (χ1) is 16.8. The standard InChI is InChI=1S/C27H24N2O6/c1-4-27(35-16(3)31)21-11-23-24-19(12-29(23)25(32)20(21)14-34-26(27)33)17(10-9-15(2)13-30)18-7-5-6-8-22(18)28-24/h5-8,11,15,30H,4,12-14H2,1-3H3/t15?,27-/m0/s1. The van der Waals surface area contributed by atoms with Crippen molar-refractivity contribution in [2.75, 3.05) is 6.61 Å². The average Bonchev–Trinajstić information content (AvgIpc) is 3.22. The molecule has 0 spiro atoms. The van der Waals surface area contributed by atoms with E-state index in [1.807, 2.05) is 31.2 Å². The Kier molecular flexibility index (Phi) is 5.45. The highest BCUT2D eigenvalue weighted by molar-refractivity contribution is 5.91. The van der Waals surface area contributed by atoms with E-state index >= 15 is 0 Å². The zero-order chi connectivity index (χ0) is 24.9. The topological polar surface area (TPSA) is 108 Å². The van der Waals surface area contributed by atoms with Gasteiger partial charge in [0.05, 0.1) is 35.6 Å². The molecule has 2 aliphatic heterocycles. The summed E-state index contributed by atoms with van der Waals surface area (Å²) in [6.45, 7) is 4.77. The second-order valence-electron chi connectivity index (χ2n) is 8.85. The van der Waals surface area contributed by atoms with Crippen molar-refractivity contribution in [2.45, 2.75) is 45.9 Å². The van der Waals surface area contributed by atoms with Gasteiger partial charge in [0.2, 0.25) is 5.60 Å². The lowest BCUT2D eigenvalue weighted by molar-refractivity contribution is -0.188. The van der Waals surface area contributed by atoms with Gasteiger partial charge in [-0.1, -0.05) is 37.0 Å². The Labute approximate surface area is 201 Å². The lowest BCUT2D eigenvalue weighted by Crippen LogP contribution is -2.47. The monoisotopic (exact) mass is 472 g/mol. The molecule has 35 heavy (non-hydrogen) atoms. The van der Waals surface area contributed by atoms with Gasteiger partial charge < -0.3 is 19.1 Å². The molecule has 0 amide bonds. The Balaban J connectivity index is 1.80. The quantitative estimate of drug-likeness (QED) is 0.361. The van der Waals surface area contributed by atoms with Crippen molar-refractivity contribution in [1.82, 2.24) is 9.55 Å². The summed E-state index contributed by atoms with van der Waals surface area (Å²) in [4.78, 5) is 43.2. The number of esters is 2. The third-order valence-electron chi connectivity index (χ3n) is 6.60. The van der Waals surface area contributed by atoms with Crippen molar-refractivity contribution < 1.29 is 24.2 Å². The number of rotatable bonds is 3. The van der Waals surface area contributed by atoms with Gasteiger partial charge in [-0.05, 0) is 25.5 Å². The minimum atomic E-state index is -1.69. The van der Waals surface area contributed by atoms with Crippen molar-refractivity contribution >= 4 is 22.8 Å². The van der Waals surface area contributed by atoms with Gasteiger partial charge in [0, 0.05) is 34.9 Å². The van der Waals surface area contributed by atoms with E-state index in [9.17, 15) is 19.5 Å². The molecule has 0 fully saturated rings. The second kappa shape index (κ2) is 8.36. The van der Waals surface area contributed by atoms with Gasteiger partial charge in [-0.2, -0.15) is 0 Å². The van der Waals surface area contributed by atoms with Crippen molar-refractivity contribution in [2.24, 2.45) is 5.92 Å². The minimum absolute atomic E-state index is 0.0616. The van der Waals surface area contributed by atoms with E-state index in [1.165, 1.54) is 6.92 Å². The molecule has 0 aliphatic carbocycles. The summed E-state index contributed by atoms with van der Waals surface area (Å²) in [5.74, 6) is 4.74. The van der Waals surface area contributed by atoms with Crippen molar-refractivity contribution in [1.29, 1.82) is 0 Å². The van der Waals surface area contributed by atoms with Crippen LogP contribution in [-0.2, 0) is 37.8 Å². The van der Waals surface area contributed by atoms with Gasteiger partial charge in [0.1, 0.15) is 6.61 Å². The summed E-state index contributed by atoms with van der Waals surface area (Å²) >= 11 is 0.